The van der Waals surface area contributed by atoms with Crippen molar-refractivity contribution in [2.75, 3.05) is 6.61 Å². The number of aliphatic hydroxyl groups excluding tert-OH is 3. The van der Waals surface area contributed by atoms with Gasteiger partial charge in [0.15, 0.2) is 5.76 Å². The number of ether oxygens (including phenoxy) is 1. The average molecular weight is 182 g/mol. The largest absolute Gasteiger partial charge is 1.00 e. The van der Waals surface area contributed by atoms with Crippen LogP contribution in [0.2, 0.25) is 0 Å². The number of carbonyl (C=O) groups is 1. The summed E-state index contributed by atoms with van der Waals surface area (Å²) in [7, 11) is 0. The van der Waals surface area contributed by atoms with Crippen LogP contribution >= 0.6 is 0 Å². The fourth-order valence-electron chi connectivity index (χ4n) is 0.809. The van der Waals surface area contributed by atoms with Gasteiger partial charge >= 0.3 is 24.8 Å². The molecule has 7 heteroatoms. The molecule has 0 fully saturated rings. The van der Waals surface area contributed by atoms with Gasteiger partial charge in [0.05, 0.1) is 6.61 Å². The number of cyclic esters (lactones) is 1. The van der Waals surface area contributed by atoms with Crippen molar-refractivity contribution in [3.05, 3.63) is 11.5 Å². The maximum atomic E-state index is 10.8. The fourth-order valence-corrected chi connectivity index (χ4v) is 0.809. The van der Waals surface area contributed by atoms with Crippen molar-refractivity contribution in [1.82, 2.24) is 0 Å². The first-order valence-corrected chi connectivity index (χ1v) is 3.18. The SMILES string of the molecule is O=C1O[C@H](C(O)CO)C([O-])=C1O.[Li+]. The minimum atomic E-state index is -1.48. The third-order valence-electron chi connectivity index (χ3n) is 1.46. The van der Waals surface area contributed by atoms with Gasteiger partial charge in [0, 0.05) is 0 Å². The summed E-state index contributed by atoms with van der Waals surface area (Å²) in [5.41, 5.74) is 0. The maximum absolute atomic E-state index is 10.8. The molecule has 3 N–H and O–H groups in total. The molecule has 0 aromatic heterocycles. The molecule has 0 aromatic rings. The molecule has 0 radical (unpaired) electrons. The predicted octanol–water partition coefficient (Wildman–Crippen LogP) is -5.60. The number of hydrogen-bond acceptors (Lipinski definition) is 6. The predicted molar refractivity (Wildman–Crippen MR) is 32.6 cm³/mol. The number of carbonyl (C=O) groups excluding carboxylic acids is 1. The van der Waals surface area contributed by atoms with Gasteiger partial charge in [-0.2, -0.15) is 0 Å². The first-order chi connectivity index (χ1) is 5.57. The molecule has 6 nitrogen and oxygen atoms in total. The summed E-state index contributed by atoms with van der Waals surface area (Å²) in [6, 6.07) is 0. The first kappa shape index (κ1) is 12.3. The molecule has 0 aromatic carbocycles. The van der Waals surface area contributed by atoms with E-state index in [-0.39, 0.29) is 18.9 Å². The third-order valence-corrected chi connectivity index (χ3v) is 1.46. The Morgan fingerprint density at radius 2 is 2.15 bits per heavy atom. The van der Waals surface area contributed by atoms with Crippen LogP contribution in [0.3, 0.4) is 0 Å². The second kappa shape index (κ2) is 4.53. The molecule has 0 amide bonds. The Kier molecular flexibility index (Phi) is 4.30. The Morgan fingerprint density at radius 3 is 2.46 bits per heavy atom. The number of esters is 1. The summed E-state index contributed by atoms with van der Waals surface area (Å²) in [4.78, 5) is 10.5. The van der Waals surface area contributed by atoms with Gasteiger partial charge in [0.1, 0.15) is 12.2 Å². The van der Waals surface area contributed by atoms with Crippen LogP contribution in [-0.2, 0) is 9.53 Å². The van der Waals surface area contributed by atoms with Gasteiger partial charge in [-0.3, -0.25) is 0 Å². The molecular weight excluding hydrogens is 175 g/mol. The van der Waals surface area contributed by atoms with Crippen LogP contribution in [0.4, 0.5) is 0 Å². The van der Waals surface area contributed by atoms with Crippen LogP contribution < -0.4 is 24.0 Å². The normalized spacial score (nSPS) is 23.8. The van der Waals surface area contributed by atoms with E-state index in [0.717, 1.165) is 0 Å². The van der Waals surface area contributed by atoms with Gasteiger partial charge in [0.25, 0.3) is 0 Å². The quantitative estimate of drug-likeness (QED) is 0.290. The Morgan fingerprint density at radius 1 is 1.62 bits per heavy atom. The zero-order valence-corrected chi connectivity index (χ0v) is 6.93. The van der Waals surface area contributed by atoms with E-state index in [4.69, 9.17) is 15.3 Å². The number of rotatable bonds is 2. The topological polar surface area (TPSA) is 110 Å². The van der Waals surface area contributed by atoms with E-state index in [9.17, 15) is 9.90 Å². The third kappa shape index (κ3) is 2.17. The molecule has 0 spiro atoms. The standard InChI is InChI=1S/C6H8O6.Li/c7-1-2(8)5-3(9)4(10)6(11)12-5;/h2,5,7-10H,1H2;/q;+1/p-1/t2?,5-;/m1./s1. The zero-order chi connectivity index (χ0) is 9.30. The molecule has 1 rings (SSSR count). The summed E-state index contributed by atoms with van der Waals surface area (Å²) in [5.74, 6) is -3.20. The van der Waals surface area contributed by atoms with Crippen LogP contribution in [0.5, 0.6) is 0 Å². The summed E-state index contributed by atoms with van der Waals surface area (Å²) in [6.45, 7) is -0.711. The summed E-state index contributed by atoms with van der Waals surface area (Å²) in [6.07, 6.45) is -2.95. The number of hydrogen-bond donors (Lipinski definition) is 3. The van der Waals surface area contributed by atoms with Crippen LogP contribution in [-0.4, -0.2) is 40.1 Å². The summed E-state index contributed by atoms with van der Waals surface area (Å²) in [5, 5.41) is 36.8. The Balaban J connectivity index is 0.00000144. The van der Waals surface area contributed by atoms with Crippen molar-refractivity contribution < 1.29 is 48.8 Å². The Hall–Kier alpha value is -0.673. The molecule has 0 saturated heterocycles. The van der Waals surface area contributed by atoms with E-state index in [1.807, 2.05) is 0 Å². The van der Waals surface area contributed by atoms with Crippen molar-refractivity contribution in [2.45, 2.75) is 12.2 Å². The minimum Gasteiger partial charge on any atom is -0.870 e. The van der Waals surface area contributed by atoms with Gasteiger partial charge in [-0.25, -0.2) is 4.79 Å². The van der Waals surface area contributed by atoms with Crippen LogP contribution in [0.1, 0.15) is 0 Å². The van der Waals surface area contributed by atoms with Crippen LogP contribution in [0.25, 0.3) is 0 Å². The van der Waals surface area contributed by atoms with Gasteiger partial charge in [0.2, 0.25) is 0 Å². The van der Waals surface area contributed by atoms with Gasteiger partial charge < -0.3 is 25.2 Å². The molecule has 68 valence electrons. The van der Waals surface area contributed by atoms with E-state index in [1.165, 1.54) is 0 Å². The van der Waals surface area contributed by atoms with E-state index >= 15 is 0 Å². The number of aliphatic hydroxyl groups is 3. The maximum Gasteiger partial charge on any atom is 1.00 e. The van der Waals surface area contributed by atoms with E-state index in [0.29, 0.717) is 0 Å². The second-order valence-electron chi connectivity index (χ2n) is 2.29. The Labute approximate surface area is 85.6 Å². The molecule has 1 aliphatic heterocycles. The van der Waals surface area contributed by atoms with Crippen molar-refractivity contribution in [3.63, 3.8) is 0 Å². The van der Waals surface area contributed by atoms with Crippen molar-refractivity contribution in [3.8, 4) is 0 Å². The van der Waals surface area contributed by atoms with Crippen molar-refractivity contribution in [2.24, 2.45) is 0 Å². The van der Waals surface area contributed by atoms with Crippen LogP contribution in [0, 0.1) is 0 Å². The van der Waals surface area contributed by atoms with E-state index in [1.54, 1.807) is 0 Å². The van der Waals surface area contributed by atoms with Gasteiger partial charge in [-0.05, 0) is 5.76 Å². The summed E-state index contributed by atoms with van der Waals surface area (Å²) < 4.78 is 4.25. The second-order valence-corrected chi connectivity index (χ2v) is 2.29. The molecule has 1 aliphatic rings. The molecule has 0 aliphatic carbocycles. The summed E-state index contributed by atoms with van der Waals surface area (Å²) >= 11 is 0. The van der Waals surface area contributed by atoms with Crippen LogP contribution in [0.15, 0.2) is 11.5 Å². The molecule has 0 bridgehead atoms. The van der Waals surface area contributed by atoms with Crippen molar-refractivity contribution >= 4 is 5.97 Å². The molecule has 1 heterocycles. The molecule has 1 unspecified atom stereocenters. The molecular formula is C6H7LiO6. The average Bonchev–Trinajstić information content (AvgIpc) is 2.32. The van der Waals surface area contributed by atoms with E-state index in [2.05, 4.69) is 4.74 Å². The smallest absolute Gasteiger partial charge is 0.870 e. The molecule has 0 saturated carbocycles. The zero-order valence-electron chi connectivity index (χ0n) is 6.93. The molecule has 2 atom stereocenters. The minimum absolute atomic E-state index is 0. The fraction of sp³-hybridized carbons (Fsp3) is 0.500. The van der Waals surface area contributed by atoms with E-state index < -0.39 is 36.3 Å². The monoisotopic (exact) mass is 182 g/mol. The van der Waals surface area contributed by atoms with Gasteiger partial charge in [-0.15, -0.1) is 0 Å². The molecule has 13 heavy (non-hydrogen) atoms. The van der Waals surface area contributed by atoms with Gasteiger partial charge in [-0.1, -0.05) is 0 Å². The Bertz CT molecular complexity index is 237. The van der Waals surface area contributed by atoms with Crippen molar-refractivity contribution in [1.29, 1.82) is 0 Å². The first-order valence-electron chi connectivity index (χ1n) is 3.18.